The number of nitrogen functional groups attached to an aromatic ring is 1. The molecule has 3 N–H and O–H groups in total. The third kappa shape index (κ3) is 3.86. The van der Waals surface area contributed by atoms with Gasteiger partial charge in [-0.05, 0) is 18.1 Å². The normalized spacial score (nSPS) is 12.3. The van der Waals surface area contributed by atoms with Gasteiger partial charge in [-0.1, -0.05) is 19.9 Å². The third-order valence-corrected chi connectivity index (χ3v) is 3.00. The third-order valence-electron chi connectivity index (χ3n) is 3.00. The Hall–Kier alpha value is -1.75. The second-order valence-electron chi connectivity index (χ2n) is 4.71. The maximum atomic E-state index is 11.6. The smallest absolute Gasteiger partial charge is 0.340 e. The Morgan fingerprint density at radius 1 is 1.37 bits per heavy atom. The minimum absolute atomic E-state index is 0.125. The van der Waals surface area contributed by atoms with Crippen molar-refractivity contribution in [3.8, 4) is 0 Å². The van der Waals surface area contributed by atoms with E-state index in [4.69, 9.17) is 15.2 Å². The highest BCUT2D eigenvalue weighted by Crippen LogP contribution is 2.25. The van der Waals surface area contributed by atoms with E-state index in [1.54, 1.807) is 19.2 Å². The van der Waals surface area contributed by atoms with Crippen molar-refractivity contribution in [3.63, 3.8) is 0 Å². The number of carbonyl (C=O) groups is 1. The minimum atomic E-state index is -0.436. The molecule has 0 bridgehead atoms. The van der Waals surface area contributed by atoms with E-state index in [2.05, 4.69) is 19.2 Å². The van der Waals surface area contributed by atoms with Crippen LogP contribution in [0.2, 0.25) is 0 Å². The van der Waals surface area contributed by atoms with Gasteiger partial charge in [0.2, 0.25) is 0 Å². The van der Waals surface area contributed by atoms with Crippen molar-refractivity contribution < 1.29 is 14.3 Å². The Labute approximate surface area is 114 Å². The highest BCUT2D eigenvalue weighted by molar-refractivity contribution is 5.98. The molecule has 5 nitrogen and oxygen atoms in total. The fraction of sp³-hybridized carbons (Fsp3) is 0.500. The lowest BCUT2D eigenvalue weighted by molar-refractivity contribution is 0.0602. The van der Waals surface area contributed by atoms with Crippen LogP contribution in [-0.4, -0.2) is 32.8 Å². The first-order chi connectivity index (χ1) is 9.01. The van der Waals surface area contributed by atoms with Crippen LogP contribution in [0.5, 0.6) is 0 Å². The predicted octanol–water partition coefficient (Wildman–Crippen LogP) is 2.14. The van der Waals surface area contributed by atoms with Crippen molar-refractivity contribution in [1.82, 2.24) is 0 Å². The van der Waals surface area contributed by atoms with Crippen LogP contribution < -0.4 is 11.1 Å². The maximum Gasteiger partial charge on any atom is 0.340 e. The first kappa shape index (κ1) is 15.3. The summed E-state index contributed by atoms with van der Waals surface area (Å²) < 4.78 is 9.88. The number of rotatable bonds is 6. The Bertz CT molecular complexity index is 433. The topological polar surface area (TPSA) is 73.6 Å². The Morgan fingerprint density at radius 2 is 2.05 bits per heavy atom. The molecule has 0 aliphatic carbocycles. The van der Waals surface area contributed by atoms with Crippen LogP contribution in [0.1, 0.15) is 24.2 Å². The van der Waals surface area contributed by atoms with Crippen molar-refractivity contribution in [3.05, 3.63) is 23.8 Å². The van der Waals surface area contributed by atoms with Gasteiger partial charge in [0.25, 0.3) is 0 Å². The molecule has 0 heterocycles. The summed E-state index contributed by atoms with van der Waals surface area (Å²) in [5, 5.41) is 3.31. The molecule has 1 aromatic carbocycles. The van der Waals surface area contributed by atoms with Gasteiger partial charge in [0, 0.05) is 7.11 Å². The zero-order chi connectivity index (χ0) is 14.4. The Balaban J connectivity index is 2.97. The minimum Gasteiger partial charge on any atom is -0.465 e. The molecule has 0 spiro atoms. The van der Waals surface area contributed by atoms with E-state index >= 15 is 0 Å². The van der Waals surface area contributed by atoms with Crippen LogP contribution in [0.3, 0.4) is 0 Å². The van der Waals surface area contributed by atoms with Crippen molar-refractivity contribution in [2.24, 2.45) is 5.92 Å². The predicted molar refractivity (Wildman–Crippen MR) is 76.3 cm³/mol. The van der Waals surface area contributed by atoms with Crippen molar-refractivity contribution in [2.45, 2.75) is 19.9 Å². The van der Waals surface area contributed by atoms with Gasteiger partial charge in [-0.3, -0.25) is 0 Å². The van der Waals surface area contributed by atoms with E-state index in [-0.39, 0.29) is 6.04 Å². The summed E-state index contributed by atoms with van der Waals surface area (Å²) >= 11 is 0. The monoisotopic (exact) mass is 266 g/mol. The quantitative estimate of drug-likeness (QED) is 0.609. The van der Waals surface area contributed by atoms with Crippen molar-refractivity contribution in [1.29, 1.82) is 0 Å². The van der Waals surface area contributed by atoms with Crippen LogP contribution in [0.15, 0.2) is 18.2 Å². The number of benzene rings is 1. The fourth-order valence-electron chi connectivity index (χ4n) is 1.76. The molecule has 0 aromatic heterocycles. The van der Waals surface area contributed by atoms with Crippen LogP contribution in [0.4, 0.5) is 11.4 Å². The zero-order valence-electron chi connectivity index (χ0n) is 11.9. The molecule has 19 heavy (non-hydrogen) atoms. The molecule has 0 radical (unpaired) electrons. The van der Waals surface area contributed by atoms with Crippen LogP contribution in [0, 0.1) is 5.92 Å². The maximum absolute atomic E-state index is 11.6. The van der Waals surface area contributed by atoms with Crippen molar-refractivity contribution in [2.75, 3.05) is 31.9 Å². The molecule has 5 heteroatoms. The summed E-state index contributed by atoms with van der Waals surface area (Å²) in [4.78, 5) is 11.6. The average Bonchev–Trinajstić information content (AvgIpc) is 2.39. The number of anilines is 2. The Kier molecular flexibility index (Phi) is 5.63. The summed E-state index contributed by atoms with van der Waals surface area (Å²) in [7, 11) is 3.00. The Morgan fingerprint density at radius 3 is 2.58 bits per heavy atom. The molecule has 106 valence electrons. The number of nitrogens with two attached hydrogens (primary N) is 1. The molecular formula is C14H22N2O3. The highest BCUT2D eigenvalue weighted by atomic mass is 16.5. The first-order valence-electron chi connectivity index (χ1n) is 6.23. The largest absolute Gasteiger partial charge is 0.465 e. The summed E-state index contributed by atoms with van der Waals surface area (Å²) in [6.45, 7) is 4.76. The molecule has 0 fully saturated rings. The summed E-state index contributed by atoms with van der Waals surface area (Å²) in [5.41, 5.74) is 7.49. The number of para-hydroxylation sites is 1. The standard InChI is InChI=1S/C14H22N2O3/c1-9(2)12(8-18-3)16-11-7-5-6-10(13(11)15)14(17)19-4/h5-7,9,12,16H,8,15H2,1-4H3. The van der Waals surface area contributed by atoms with E-state index in [1.807, 2.05) is 6.07 Å². The lowest BCUT2D eigenvalue weighted by Gasteiger charge is -2.24. The van der Waals surface area contributed by atoms with Gasteiger partial charge < -0.3 is 20.5 Å². The number of ether oxygens (including phenoxy) is 2. The molecule has 1 unspecified atom stereocenters. The SMILES string of the molecule is COCC(Nc1cccc(C(=O)OC)c1N)C(C)C. The number of methoxy groups -OCH3 is 2. The molecule has 1 atom stereocenters. The van der Waals surface area contributed by atoms with E-state index in [0.29, 0.717) is 23.8 Å². The average molecular weight is 266 g/mol. The van der Waals surface area contributed by atoms with Gasteiger partial charge in [0.15, 0.2) is 0 Å². The summed E-state index contributed by atoms with van der Waals surface area (Å²) in [6, 6.07) is 5.38. The highest BCUT2D eigenvalue weighted by Gasteiger charge is 2.17. The second kappa shape index (κ2) is 6.99. The molecule has 0 aliphatic rings. The number of hydrogen-bond donors (Lipinski definition) is 2. The van der Waals surface area contributed by atoms with Gasteiger partial charge in [0.1, 0.15) is 0 Å². The van der Waals surface area contributed by atoms with E-state index in [0.717, 1.165) is 5.69 Å². The molecule has 0 aliphatic heterocycles. The molecule has 0 saturated carbocycles. The molecule has 1 rings (SSSR count). The molecule has 0 amide bonds. The van der Waals surface area contributed by atoms with Gasteiger partial charge >= 0.3 is 5.97 Å². The lowest BCUT2D eigenvalue weighted by atomic mass is 10.0. The van der Waals surface area contributed by atoms with Crippen LogP contribution >= 0.6 is 0 Å². The van der Waals surface area contributed by atoms with Gasteiger partial charge in [-0.2, -0.15) is 0 Å². The van der Waals surface area contributed by atoms with Gasteiger partial charge in [0.05, 0.1) is 36.7 Å². The molecular weight excluding hydrogens is 244 g/mol. The van der Waals surface area contributed by atoms with Crippen molar-refractivity contribution >= 4 is 17.3 Å². The number of carbonyl (C=O) groups excluding carboxylic acids is 1. The zero-order valence-corrected chi connectivity index (χ0v) is 11.9. The van der Waals surface area contributed by atoms with E-state index in [9.17, 15) is 4.79 Å². The van der Waals surface area contributed by atoms with E-state index in [1.165, 1.54) is 7.11 Å². The molecule has 1 aromatic rings. The van der Waals surface area contributed by atoms with Gasteiger partial charge in [-0.15, -0.1) is 0 Å². The van der Waals surface area contributed by atoms with E-state index < -0.39 is 5.97 Å². The van der Waals surface area contributed by atoms with Gasteiger partial charge in [-0.25, -0.2) is 4.79 Å². The number of hydrogen-bond acceptors (Lipinski definition) is 5. The molecule has 0 saturated heterocycles. The fourth-order valence-corrected chi connectivity index (χ4v) is 1.76. The second-order valence-corrected chi connectivity index (χ2v) is 4.71. The summed E-state index contributed by atoms with van der Waals surface area (Å²) in [5.74, 6) is -0.0601. The summed E-state index contributed by atoms with van der Waals surface area (Å²) in [6.07, 6.45) is 0. The lowest BCUT2D eigenvalue weighted by Crippen LogP contribution is -2.31. The number of nitrogens with one attached hydrogen (secondary N) is 1. The van der Waals surface area contributed by atoms with Crippen LogP contribution in [-0.2, 0) is 9.47 Å². The first-order valence-corrected chi connectivity index (χ1v) is 6.23. The van der Waals surface area contributed by atoms with Crippen LogP contribution in [0.25, 0.3) is 0 Å². The number of esters is 1.